The smallest absolute Gasteiger partial charge is 0.337 e. The summed E-state index contributed by atoms with van der Waals surface area (Å²) in [4.78, 5) is 20.8. The molecule has 0 spiro atoms. The van der Waals surface area contributed by atoms with Crippen molar-refractivity contribution in [3.63, 3.8) is 0 Å². The van der Waals surface area contributed by atoms with Gasteiger partial charge in [0.05, 0.1) is 16.6 Å². The van der Waals surface area contributed by atoms with Crippen molar-refractivity contribution >= 4 is 16.8 Å². The van der Waals surface area contributed by atoms with Crippen LogP contribution in [0.4, 0.5) is 17.6 Å². The third-order valence-electron chi connectivity index (χ3n) is 5.48. The average molecular weight is 431 g/mol. The van der Waals surface area contributed by atoms with Gasteiger partial charge >= 0.3 is 6.18 Å². The Morgan fingerprint density at radius 2 is 1.71 bits per heavy atom. The second kappa shape index (κ2) is 8.63. The van der Waals surface area contributed by atoms with Crippen LogP contribution in [0, 0.1) is 5.82 Å². The molecule has 31 heavy (non-hydrogen) atoms. The summed E-state index contributed by atoms with van der Waals surface area (Å²) in [6, 6.07) is 12.2. The van der Waals surface area contributed by atoms with Crippen LogP contribution in [-0.4, -0.2) is 46.9 Å². The number of fused-ring (bicyclic) bond motifs is 1. The highest BCUT2D eigenvalue weighted by Gasteiger charge is 2.38. The maximum Gasteiger partial charge on any atom is 0.417 e. The summed E-state index contributed by atoms with van der Waals surface area (Å²) in [5.74, 6) is -0.963. The summed E-state index contributed by atoms with van der Waals surface area (Å²) < 4.78 is 54.8. The lowest BCUT2D eigenvalue weighted by Gasteiger charge is -2.24. The fourth-order valence-electron chi connectivity index (χ4n) is 3.96. The molecule has 2 heterocycles. The van der Waals surface area contributed by atoms with Crippen LogP contribution in [0.3, 0.4) is 0 Å². The van der Waals surface area contributed by atoms with E-state index in [-0.39, 0.29) is 16.7 Å². The quantitative estimate of drug-likeness (QED) is 0.562. The van der Waals surface area contributed by atoms with Gasteiger partial charge in [-0.15, -0.1) is 0 Å². The number of carbonyl (C=O) groups excluding carboxylic acids is 1. The van der Waals surface area contributed by atoms with Crippen molar-refractivity contribution in [1.29, 1.82) is 0 Å². The van der Waals surface area contributed by atoms with Crippen molar-refractivity contribution in [2.75, 3.05) is 26.2 Å². The van der Waals surface area contributed by atoms with Crippen LogP contribution >= 0.6 is 0 Å². The van der Waals surface area contributed by atoms with Crippen molar-refractivity contribution < 1.29 is 22.4 Å². The molecular formula is C23H21F4N3O. The number of alkyl halides is 3. The Kier molecular flexibility index (Phi) is 5.91. The third-order valence-corrected chi connectivity index (χ3v) is 5.48. The first-order valence-electron chi connectivity index (χ1n) is 10.0. The van der Waals surface area contributed by atoms with Crippen LogP contribution in [0.5, 0.6) is 0 Å². The summed E-state index contributed by atoms with van der Waals surface area (Å²) in [6.45, 7) is 2.48. The molecule has 1 amide bonds. The first-order valence-corrected chi connectivity index (χ1v) is 10.0. The van der Waals surface area contributed by atoms with Crippen molar-refractivity contribution in [2.45, 2.75) is 19.1 Å². The summed E-state index contributed by atoms with van der Waals surface area (Å²) in [5.41, 5.74) is -0.208. The number of nitrogens with zero attached hydrogens (tertiary/aromatic N) is 3. The molecule has 0 saturated carbocycles. The van der Waals surface area contributed by atoms with Crippen LogP contribution < -0.4 is 0 Å². The molecule has 3 aromatic rings. The first kappa shape index (κ1) is 21.2. The van der Waals surface area contributed by atoms with Crippen molar-refractivity contribution in [2.24, 2.45) is 0 Å². The van der Waals surface area contributed by atoms with E-state index in [1.54, 1.807) is 18.2 Å². The van der Waals surface area contributed by atoms with E-state index in [2.05, 4.69) is 9.88 Å². The Morgan fingerprint density at radius 1 is 0.968 bits per heavy atom. The summed E-state index contributed by atoms with van der Waals surface area (Å²) in [7, 11) is 0. The van der Waals surface area contributed by atoms with Crippen LogP contribution in [0.25, 0.3) is 10.9 Å². The number of aromatic nitrogens is 1. The van der Waals surface area contributed by atoms with Gasteiger partial charge in [0.2, 0.25) is 0 Å². The standard InChI is InChI=1S/C23H21F4N3O/c24-17-8-6-16(7-9-17)15-29-10-3-11-30(13-12-29)22(31)19-14-28-20-5-2-1-4-18(20)21(19)23(25,26)27/h1-2,4-9,14H,3,10-13,15H2. The van der Waals surface area contributed by atoms with Gasteiger partial charge in [0.1, 0.15) is 5.82 Å². The molecular weight excluding hydrogens is 410 g/mol. The van der Waals surface area contributed by atoms with Gasteiger partial charge in [0.15, 0.2) is 0 Å². The van der Waals surface area contributed by atoms with Crippen LogP contribution in [0.15, 0.2) is 54.7 Å². The number of hydrogen-bond donors (Lipinski definition) is 0. The molecule has 4 nitrogen and oxygen atoms in total. The van der Waals surface area contributed by atoms with Gasteiger partial charge in [-0.2, -0.15) is 13.2 Å². The van der Waals surface area contributed by atoms with Gasteiger partial charge < -0.3 is 4.90 Å². The van der Waals surface area contributed by atoms with Crippen molar-refractivity contribution in [3.8, 4) is 0 Å². The second-order valence-electron chi connectivity index (χ2n) is 7.61. The highest BCUT2D eigenvalue weighted by atomic mass is 19.4. The van der Waals surface area contributed by atoms with E-state index in [1.165, 1.54) is 35.2 Å². The van der Waals surface area contributed by atoms with E-state index in [0.717, 1.165) is 11.8 Å². The fourth-order valence-corrected chi connectivity index (χ4v) is 3.96. The van der Waals surface area contributed by atoms with Crippen molar-refractivity contribution in [1.82, 2.24) is 14.8 Å². The first-order chi connectivity index (χ1) is 14.8. The normalized spacial score (nSPS) is 15.8. The molecule has 1 aliphatic heterocycles. The molecule has 1 saturated heterocycles. The highest BCUT2D eigenvalue weighted by molar-refractivity contribution is 6.00. The van der Waals surface area contributed by atoms with Crippen LogP contribution in [-0.2, 0) is 12.7 Å². The van der Waals surface area contributed by atoms with Gasteiger partial charge in [0.25, 0.3) is 5.91 Å². The van der Waals surface area contributed by atoms with Crippen molar-refractivity contribution in [3.05, 3.63) is 77.2 Å². The number of para-hydroxylation sites is 1. The fraction of sp³-hybridized carbons (Fsp3) is 0.304. The number of pyridine rings is 1. The topological polar surface area (TPSA) is 36.4 Å². The van der Waals surface area contributed by atoms with Crippen LogP contribution in [0.2, 0.25) is 0 Å². The maximum atomic E-state index is 13.9. The molecule has 1 aliphatic rings. The predicted octanol–water partition coefficient (Wildman–Crippen LogP) is 4.74. The molecule has 162 valence electrons. The van der Waals surface area contributed by atoms with E-state index in [9.17, 15) is 22.4 Å². The Morgan fingerprint density at radius 3 is 2.45 bits per heavy atom. The molecule has 1 fully saturated rings. The van der Waals surface area contributed by atoms with Gasteiger partial charge in [-0.1, -0.05) is 30.3 Å². The molecule has 0 N–H and O–H groups in total. The number of hydrogen-bond acceptors (Lipinski definition) is 3. The number of halogens is 4. The predicted molar refractivity (Wildman–Crippen MR) is 109 cm³/mol. The second-order valence-corrected chi connectivity index (χ2v) is 7.61. The maximum absolute atomic E-state index is 13.9. The van der Waals surface area contributed by atoms with E-state index >= 15 is 0 Å². The summed E-state index contributed by atoms with van der Waals surface area (Å²) in [6.07, 6.45) is -3.00. The molecule has 8 heteroatoms. The zero-order valence-electron chi connectivity index (χ0n) is 16.7. The van der Waals surface area contributed by atoms with E-state index in [1.807, 2.05) is 0 Å². The van der Waals surface area contributed by atoms with Gasteiger partial charge in [-0.3, -0.25) is 14.7 Å². The lowest BCUT2D eigenvalue weighted by Crippen LogP contribution is -2.36. The molecule has 0 aliphatic carbocycles. The Hall–Kier alpha value is -3.00. The Labute approximate surface area is 177 Å². The molecule has 4 rings (SSSR count). The monoisotopic (exact) mass is 431 g/mol. The SMILES string of the molecule is O=C(c1cnc2ccccc2c1C(F)(F)F)N1CCCN(Cc2ccc(F)cc2)CC1. The highest BCUT2D eigenvalue weighted by Crippen LogP contribution is 2.37. The lowest BCUT2D eigenvalue weighted by molar-refractivity contribution is -0.136. The minimum Gasteiger partial charge on any atom is -0.337 e. The number of carbonyl (C=O) groups is 1. The zero-order valence-corrected chi connectivity index (χ0v) is 16.7. The Bertz CT molecular complexity index is 1080. The third kappa shape index (κ3) is 4.69. The minimum absolute atomic E-state index is 0.0754. The van der Waals surface area contributed by atoms with Gasteiger partial charge in [-0.25, -0.2) is 4.39 Å². The number of benzene rings is 2. The minimum atomic E-state index is -4.67. The number of amides is 1. The molecule has 0 bridgehead atoms. The lowest BCUT2D eigenvalue weighted by atomic mass is 10.0. The Balaban J connectivity index is 1.55. The average Bonchev–Trinajstić information content (AvgIpc) is 2.99. The van der Waals surface area contributed by atoms with Gasteiger partial charge in [0, 0.05) is 44.3 Å². The molecule has 1 aromatic heterocycles. The number of rotatable bonds is 3. The van der Waals surface area contributed by atoms with E-state index < -0.39 is 23.2 Å². The largest absolute Gasteiger partial charge is 0.417 e. The summed E-state index contributed by atoms with van der Waals surface area (Å²) >= 11 is 0. The van der Waals surface area contributed by atoms with E-state index in [0.29, 0.717) is 39.1 Å². The van der Waals surface area contributed by atoms with Crippen LogP contribution in [0.1, 0.15) is 27.9 Å². The molecule has 2 aromatic carbocycles. The zero-order chi connectivity index (χ0) is 22.0. The summed E-state index contributed by atoms with van der Waals surface area (Å²) in [5, 5.41) is -0.0754. The molecule has 0 atom stereocenters. The molecule has 0 unspecified atom stereocenters. The molecule has 0 radical (unpaired) electrons. The van der Waals surface area contributed by atoms with E-state index in [4.69, 9.17) is 0 Å². The van der Waals surface area contributed by atoms with Gasteiger partial charge in [-0.05, 0) is 30.2 Å².